The molecule has 0 spiro atoms. The zero-order chi connectivity index (χ0) is 12.8. The van der Waals surface area contributed by atoms with Crippen LogP contribution in [0.15, 0.2) is 22.7 Å². The van der Waals surface area contributed by atoms with E-state index < -0.39 is 0 Å². The summed E-state index contributed by atoms with van der Waals surface area (Å²) in [4.78, 5) is 11.6. The van der Waals surface area contributed by atoms with E-state index in [1.807, 2.05) is 6.92 Å². The first kappa shape index (κ1) is 14.1. The Balaban J connectivity index is 2.53. The average molecular weight is 304 g/mol. The Morgan fingerprint density at radius 3 is 2.88 bits per heavy atom. The van der Waals surface area contributed by atoms with Gasteiger partial charge in [-0.1, -0.05) is 6.92 Å². The number of hydrogen-bond acceptors (Lipinski definition) is 2. The van der Waals surface area contributed by atoms with Crippen molar-refractivity contribution in [2.24, 2.45) is 5.92 Å². The number of carbonyl (C=O) groups is 1. The second kappa shape index (κ2) is 6.71. The summed E-state index contributed by atoms with van der Waals surface area (Å²) >= 11 is 3.07. The number of carbonyl (C=O) groups excluding carboxylic acids is 1. The molecule has 0 fully saturated rings. The zero-order valence-electron chi connectivity index (χ0n) is 9.80. The highest BCUT2D eigenvalue weighted by Crippen LogP contribution is 2.20. The lowest BCUT2D eigenvalue weighted by atomic mass is 10.1. The molecular formula is C12H15BrFNO2. The Hall–Kier alpha value is -0.940. The fourth-order valence-electron chi connectivity index (χ4n) is 1.45. The molecule has 0 bridgehead atoms. The van der Waals surface area contributed by atoms with Gasteiger partial charge in [0.25, 0.3) is 0 Å². The molecule has 1 amide bonds. The number of benzene rings is 1. The first-order chi connectivity index (χ1) is 8.02. The summed E-state index contributed by atoms with van der Waals surface area (Å²) in [7, 11) is 1.60. The van der Waals surface area contributed by atoms with E-state index in [0.29, 0.717) is 23.2 Å². The van der Waals surface area contributed by atoms with Crippen LogP contribution in [-0.2, 0) is 9.53 Å². The van der Waals surface area contributed by atoms with Gasteiger partial charge in [0.05, 0.1) is 4.47 Å². The van der Waals surface area contributed by atoms with Gasteiger partial charge < -0.3 is 10.1 Å². The van der Waals surface area contributed by atoms with E-state index >= 15 is 0 Å². The van der Waals surface area contributed by atoms with Crippen LogP contribution in [0, 0.1) is 11.7 Å². The maximum absolute atomic E-state index is 13.0. The Kier molecular flexibility index (Phi) is 5.58. The normalized spacial score (nSPS) is 12.2. The van der Waals surface area contributed by atoms with E-state index in [2.05, 4.69) is 21.2 Å². The van der Waals surface area contributed by atoms with E-state index in [-0.39, 0.29) is 17.6 Å². The maximum atomic E-state index is 13.0. The van der Waals surface area contributed by atoms with Gasteiger partial charge in [0.1, 0.15) is 5.82 Å². The molecule has 1 aromatic carbocycles. The Morgan fingerprint density at radius 1 is 1.59 bits per heavy atom. The summed E-state index contributed by atoms with van der Waals surface area (Å²) in [5, 5.41) is 2.71. The van der Waals surface area contributed by atoms with Crippen LogP contribution in [0.3, 0.4) is 0 Å². The van der Waals surface area contributed by atoms with Gasteiger partial charge in [0.15, 0.2) is 0 Å². The van der Waals surface area contributed by atoms with Crippen LogP contribution < -0.4 is 5.32 Å². The molecule has 0 radical (unpaired) electrons. The minimum atomic E-state index is -0.351. The van der Waals surface area contributed by atoms with Gasteiger partial charge >= 0.3 is 0 Å². The molecule has 1 atom stereocenters. The highest BCUT2D eigenvalue weighted by molar-refractivity contribution is 9.10. The molecule has 3 nitrogen and oxygen atoms in total. The van der Waals surface area contributed by atoms with E-state index in [1.165, 1.54) is 18.2 Å². The molecule has 1 N–H and O–H groups in total. The largest absolute Gasteiger partial charge is 0.384 e. The molecular weight excluding hydrogens is 289 g/mol. The van der Waals surface area contributed by atoms with Gasteiger partial charge in [-0.15, -0.1) is 0 Å². The third-order valence-electron chi connectivity index (χ3n) is 2.19. The van der Waals surface area contributed by atoms with Crippen LogP contribution in [0.5, 0.6) is 0 Å². The lowest BCUT2D eigenvalue weighted by Crippen LogP contribution is -2.17. The Bertz CT molecular complexity index is 398. The van der Waals surface area contributed by atoms with Crippen molar-refractivity contribution in [3.63, 3.8) is 0 Å². The fourth-order valence-corrected chi connectivity index (χ4v) is 1.82. The lowest BCUT2D eigenvalue weighted by Gasteiger charge is -2.10. The van der Waals surface area contributed by atoms with Gasteiger partial charge in [0.2, 0.25) is 5.91 Å². The number of hydrogen-bond donors (Lipinski definition) is 1. The van der Waals surface area contributed by atoms with Crippen LogP contribution in [0.4, 0.5) is 10.1 Å². The molecule has 0 aliphatic rings. The third kappa shape index (κ3) is 4.83. The number of nitrogens with one attached hydrogen (secondary N) is 1. The molecule has 17 heavy (non-hydrogen) atoms. The number of methoxy groups -OCH3 is 1. The van der Waals surface area contributed by atoms with Gasteiger partial charge in [-0.25, -0.2) is 4.39 Å². The molecule has 94 valence electrons. The molecule has 1 aromatic rings. The Morgan fingerprint density at radius 2 is 2.29 bits per heavy atom. The van der Waals surface area contributed by atoms with Gasteiger partial charge in [0, 0.05) is 25.8 Å². The molecule has 0 aliphatic carbocycles. The van der Waals surface area contributed by atoms with Crippen molar-refractivity contribution >= 4 is 27.5 Å². The van der Waals surface area contributed by atoms with E-state index in [9.17, 15) is 9.18 Å². The minimum Gasteiger partial charge on any atom is -0.384 e. The number of amides is 1. The maximum Gasteiger partial charge on any atom is 0.224 e. The predicted molar refractivity (Wildman–Crippen MR) is 68.4 cm³/mol. The average Bonchev–Trinajstić information content (AvgIpc) is 2.23. The van der Waals surface area contributed by atoms with E-state index in [4.69, 9.17) is 4.74 Å². The topological polar surface area (TPSA) is 38.3 Å². The van der Waals surface area contributed by atoms with Crippen LogP contribution in [-0.4, -0.2) is 19.6 Å². The summed E-state index contributed by atoms with van der Waals surface area (Å²) in [5.74, 6) is -0.298. The molecule has 0 aromatic heterocycles. The SMILES string of the molecule is COCC(C)CC(=O)Nc1ccc(F)c(Br)c1. The molecule has 0 heterocycles. The number of ether oxygens (including phenoxy) is 1. The summed E-state index contributed by atoms with van der Waals surface area (Å²) in [6.45, 7) is 2.48. The van der Waals surface area contributed by atoms with Crippen molar-refractivity contribution in [3.8, 4) is 0 Å². The Labute approximate surface area is 108 Å². The van der Waals surface area contributed by atoms with E-state index in [1.54, 1.807) is 7.11 Å². The molecule has 0 saturated carbocycles. The van der Waals surface area contributed by atoms with Crippen molar-refractivity contribution in [1.29, 1.82) is 0 Å². The quantitative estimate of drug-likeness (QED) is 0.907. The first-order valence-corrected chi connectivity index (χ1v) is 6.06. The highest BCUT2D eigenvalue weighted by atomic mass is 79.9. The van der Waals surface area contributed by atoms with Crippen molar-refractivity contribution < 1.29 is 13.9 Å². The van der Waals surface area contributed by atoms with Crippen molar-refractivity contribution in [3.05, 3.63) is 28.5 Å². The number of halogens is 2. The monoisotopic (exact) mass is 303 g/mol. The van der Waals surface area contributed by atoms with Crippen LogP contribution in [0.25, 0.3) is 0 Å². The summed E-state index contributed by atoms with van der Waals surface area (Å²) < 4.78 is 18.3. The molecule has 0 saturated heterocycles. The van der Waals surface area contributed by atoms with Gasteiger partial charge in [-0.3, -0.25) is 4.79 Å². The van der Waals surface area contributed by atoms with Crippen LogP contribution >= 0.6 is 15.9 Å². The van der Waals surface area contributed by atoms with Crippen molar-refractivity contribution in [1.82, 2.24) is 0 Å². The third-order valence-corrected chi connectivity index (χ3v) is 2.80. The molecule has 0 aliphatic heterocycles. The molecule has 1 unspecified atom stereocenters. The highest BCUT2D eigenvalue weighted by Gasteiger charge is 2.09. The molecule has 1 rings (SSSR count). The van der Waals surface area contributed by atoms with Gasteiger partial charge in [-0.05, 0) is 40.0 Å². The smallest absolute Gasteiger partial charge is 0.224 e. The predicted octanol–water partition coefficient (Wildman–Crippen LogP) is 3.20. The second-order valence-corrected chi connectivity index (χ2v) is 4.80. The second-order valence-electron chi connectivity index (χ2n) is 3.94. The first-order valence-electron chi connectivity index (χ1n) is 5.26. The van der Waals surface area contributed by atoms with Crippen molar-refractivity contribution in [2.45, 2.75) is 13.3 Å². The van der Waals surface area contributed by atoms with Crippen LogP contribution in [0.2, 0.25) is 0 Å². The summed E-state index contributed by atoms with van der Waals surface area (Å²) in [6.07, 6.45) is 0.378. The number of anilines is 1. The molecule has 5 heteroatoms. The van der Waals surface area contributed by atoms with Crippen LogP contribution in [0.1, 0.15) is 13.3 Å². The summed E-state index contributed by atoms with van der Waals surface area (Å²) in [6, 6.07) is 4.37. The zero-order valence-corrected chi connectivity index (χ0v) is 11.4. The lowest BCUT2D eigenvalue weighted by molar-refractivity contribution is -0.117. The number of rotatable bonds is 5. The minimum absolute atomic E-state index is 0.104. The van der Waals surface area contributed by atoms with E-state index in [0.717, 1.165) is 0 Å². The van der Waals surface area contributed by atoms with Gasteiger partial charge in [-0.2, -0.15) is 0 Å². The van der Waals surface area contributed by atoms with Crippen molar-refractivity contribution in [2.75, 3.05) is 19.0 Å². The fraction of sp³-hybridized carbons (Fsp3) is 0.417. The standard InChI is InChI=1S/C12H15BrFNO2/c1-8(7-17-2)5-12(16)15-9-3-4-11(14)10(13)6-9/h3-4,6,8H,5,7H2,1-2H3,(H,15,16). The summed E-state index contributed by atoms with van der Waals surface area (Å²) in [5.41, 5.74) is 0.577.